The van der Waals surface area contributed by atoms with Crippen molar-refractivity contribution >= 4 is 49.6 Å². The maximum atomic E-state index is 13.5. The van der Waals surface area contributed by atoms with Crippen LogP contribution in [0.15, 0.2) is 24.3 Å². The molecule has 1 N–H and O–H groups in total. The molecule has 0 unspecified atom stereocenters. The molecule has 0 bridgehead atoms. The summed E-state index contributed by atoms with van der Waals surface area (Å²) in [5.74, 6) is 0.372. The van der Waals surface area contributed by atoms with Crippen LogP contribution < -0.4 is 9.80 Å². The highest BCUT2D eigenvalue weighted by atomic mass is 32.1. The molecular formula is C27H30FN9O3S2. The minimum absolute atomic E-state index is 0.0386. The van der Waals surface area contributed by atoms with E-state index in [-0.39, 0.29) is 24.4 Å². The number of aliphatic hydroxyl groups is 1. The van der Waals surface area contributed by atoms with E-state index in [1.165, 1.54) is 34.8 Å². The lowest BCUT2D eigenvalue weighted by atomic mass is 10.1. The fourth-order valence-electron chi connectivity index (χ4n) is 5.27. The second-order valence-corrected chi connectivity index (χ2v) is 12.4. The maximum Gasteiger partial charge on any atom is 0.236 e. The van der Waals surface area contributed by atoms with Gasteiger partial charge >= 0.3 is 0 Å². The van der Waals surface area contributed by atoms with Crippen molar-refractivity contribution in [3.05, 3.63) is 40.7 Å². The number of likely N-dealkylation sites (tertiary alicyclic amines) is 1. The van der Waals surface area contributed by atoms with Crippen LogP contribution in [0.5, 0.6) is 0 Å². The number of benzene rings is 1. The summed E-state index contributed by atoms with van der Waals surface area (Å²) in [7, 11) is 5.42. The van der Waals surface area contributed by atoms with Crippen LogP contribution in [0, 0.1) is 17.1 Å². The first-order valence-electron chi connectivity index (χ1n) is 13.4. The Hall–Kier alpha value is -3.68. The number of likely N-dealkylation sites (N-methyl/N-ethyl adjacent to an activating group) is 1. The number of nitrogens with zero attached hydrogens (tertiary/aromatic N) is 9. The number of ether oxygens (including phenoxy) is 1. The van der Waals surface area contributed by atoms with Crippen molar-refractivity contribution in [1.29, 1.82) is 5.26 Å². The summed E-state index contributed by atoms with van der Waals surface area (Å²) in [6, 6.07) is 8.34. The highest BCUT2D eigenvalue weighted by Gasteiger charge is 2.33. The van der Waals surface area contributed by atoms with Gasteiger partial charge in [-0.3, -0.25) is 9.69 Å². The second-order valence-electron chi connectivity index (χ2n) is 10.5. The Bertz CT molecular complexity index is 1640. The summed E-state index contributed by atoms with van der Waals surface area (Å²) < 4.78 is 20.7. The van der Waals surface area contributed by atoms with E-state index < -0.39 is 6.10 Å². The van der Waals surface area contributed by atoms with Crippen LogP contribution in [-0.2, 0) is 16.1 Å². The van der Waals surface area contributed by atoms with E-state index in [4.69, 9.17) is 19.8 Å². The van der Waals surface area contributed by atoms with E-state index in [0.29, 0.717) is 57.4 Å². The Kier molecular flexibility index (Phi) is 7.81. The van der Waals surface area contributed by atoms with Gasteiger partial charge < -0.3 is 24.5 Å². The van der Waals surface area contributed by atoms with Crippen molar-refractivity contribution in [2.24, 2.45) is 0 Å². The van der Waals surface area contributed by atoms with Crippen LogP contribution in [-0.4, -0.2) is 106 Å². The molecule has 12 nitrogen and oxygen atoms in total. The standard InChI is InChI=1S/C27H30FN9O3S2/c1-33(14-22(39)36-12-19(38)13-36)18-8-9-35(11-18)27-32-37-24(20(15-40-3)30-26(37)42-27)34(2)25-31-23(21(10-29)41-25)16-4-6-17(28)7-5-16/h4-7,18-19,38H,8-9,11-15H2,1-3H3/t18-/m1/s1. The van der Waals surface area contributed by atoms with Gasteiger partial charge in [0.1, 0.15) is 28.2 Å². The van der Waals surface area contributed by atoms with Crippen LogP contribution in [0.1, 0.15) is 17.0 Å². The third-order valence-corrected chi connectivity index (χ3v) is 9.62. The number of methoxy groups -OCH3 is 1. The topological polar surface area (TPSA) is 126 Å². The number of amides is 1. The molecule has 42 heavy (non-hydrogen) atoms. The zero-order valence-electron chi connectivity index (χ0n) is 23.4. The molecule has 6 rings (SSSR count). The fraction of sp³-hybridized carbons (Fsp3) is 0.444. The summed E-state index contributed by atoms with van der Waals surface area (Å²) >= 11 is 2.72. The number of rotatable bonds is 9. The predicted octanol–water partition coefficient (Wildman–Crippen LogP) is 2.55. The summed E-state index contributed by atoms with van der Waals surface area (Å²) in [5, 5.41) is 25.6. The van der Waals surface area contributed by atoms with E-state index in [0.717, 1.165) is 24.6 Å². The number of aliphatic hydroxyl groups excluding tert-OH is 1. The van der Waals surface area contributed by atoms with E-state index in [1.54, 1.807) is 28.7 Å². The van der Waals surface area contributed by atoms with Gasteiger partial charge in [-0.05, 0) is 37.7 Å². The summed E-state index contributed by atoms with van der Waals surface area (Å²) in [5.41, 5.74) is 1.84. The molecule has 2 fully saturated rings. The monoisotopic (exact) mass is 611 g/mol. The molecule has 4 aromatic rings. The Morgan fingerprint density at radius 2 is 1.98 bits per heavy atom. The second kappa shape index (κ2) is 11.5. The Labute approximate surface area is 249 Å². The molecule has 1 amide bonds. The fourth-order valence-corrected chi connectivity index (χ4v) is 7.06. The number of aromatic nitrogens is 4. The Balaban J connectivity index is 1.23. The highest BCUT2D eigenvalue weighted by molar-refractivity contribution is 7.20. The van der Waals surface area contributed by atoms with Crippen molar-refractivity contribution in [3.8, 4) is 17.3 Å². The SMILES string of the molecule is COCc1nc2sc(N3CC[C@@H](N(C)CC(=O)N4CC(O)C4)C3)nn2c1N(C)c1nc(-c2ccc(F)cc2)c(C#N)s1. The first kappa shape index (κ1) is 28.4. The Morgan fingerprint density at radius 3 is 2.67 bits per heavy atom. The molecule has 0 aliphatic carbocycles. The number of imidazole rings is 1. The number of carbonyl (C=O) groups is 1. The third-order valence-electron chi connectivity index (χ3n) is 7.62. The molecule has 2 aliphatic heterocycles. The molecule has 5 heterocycles. The van der Waals surface area contributed by atoms with E-state index in [9.17, 15) is 19.6 Å². The lowest BCUT2D eigenvalue weighted by Gasteiger charge is -2.37. The smallest absolute Gasteiger partial charge is 0.236 e. The zero-order chi connectivity index (χ0) is 29.5. The van der Waals surface area contributed by atoms with Crippen LogP contribution in [0.25, 0.3) is 16.2 Å². The average Bonchev–Trinajstić information content (AvgIpc) is 3.74. The number of hydrogen-bond donors (Lipinski definition) is 1. The van der Waals surface area contributed by atoms with Crippen molar-refractivity contribution in [2.45, 2.75) is 25.2 Å². The number of carbonyl (C=O) groups excluding carboxylic acids is 1. The van der Waals surface area contributed by atoms with E-state index in [1.807, 2.05) is 19.0 Å². The van der Waals surface area contributed by atoms with Gasteiger partial charge in [-0.15, -0.1) is 5.10 Å². The molecule has 1 atom stereocenters. The number of thiazole rings is 1. The number of fused-ring (bicyclic) bond motifs is 1. The number of halogens is 1. The summed E-state index contributed by atoms with van der Waals surface area (Å²) in [6.07, 6.45) is 0.498. The zero-order valence-corrected chi connectivity index (χ0v) is 25.0. The van der Waals surface area contributed by atoms with Gasteiger partial charge in [0.15, 0.2) is 10.9 Å². The molecule has 220 valence electrons. The van der Waals surface area contributed by atoms with E-state index in [2.05, 4.69) is 15.9 Å². The van der Waals surface area contributed by atoms with Crippen molar-refractivity contribution < 1.29 is 19.0 Å². The molecule has 0 radical (unpaired) electrons. The van der Waals surface area contributed by atoms with Crippen molar-refractivity contribution in [3.63, 3.8) is 0 Å². The van der Waals surface area contributed by atoms with Gasteiger partial charge in [0.05, 0.1) is 19.3 Å². The quantitative estimate of drug-likeness (QED) is 0.302. The van der Waals surface area contributed by atoms with Crippen LogP contribution in [0.2, 0.25) is 0 Å². The molecule has 1 aromatic carbocycles. The lowest BCUT2D eigenvalue weighted by Crippen LogP contribution is -2.56. The Morgan fingerprint density at radius 1 is 1.21 bits per heavy atom. The van der Waals surface area contributed by atoms with Gasteiger partial charge in [0, 0.05) is 51.9 Å². The van der Waals surface area contributed by atoms with E-state index >= 15 is 0 Å². The van der Waals surface area contributed by atoms with Gasteiger partial charge in [0.25, 0.3) is 0 Å². The average molecular weight is 612 g/mol. The van der Waals surface area contributed by atoms with Crippen LogP contribution in [0.4, 0.5) is 20.5 Å². The lowest BCUT2D eigenvalue weighted by molar-refractivity contribution is -0.142. The van der Waals surface area contributed by atoms with Gasteiger partial charge in [-0.2, -0.15) is 9.78 Å². The number of hydrogen-bond acceptors (Lipinski definition) is 12. The molecule has 0 saturated carbocycles. The number of anilines is 3. The molecule has 15 heteroatoms. The van der Waals surface area contributed by atoms with Crippen molar-refractivity contribution in [1.82, 2.24) is 29.4 Å². The summed E-state index contributed by atoms with van der Waals surface area (Å²) in [6.45, 7) is 2.95. The van der Waals surface area contributed by atoms with Gasteiger partial charge in [0.2, 0.25) is 16.0 Å². The first-order chi connectivity index (χ1) is 20.2. The minimum atomic E-state index is -0.403. The first-order valence-corrected chi connectivity index (χ1v) is 15.1. The highest BCUT2D eigenvalue weighted by Crippen LogP contribution is 2.38. The third kappa shape index (κ3) is 5.32. The summed E-state index contributed by atoms with van der Waals surface area (Å²) in [4.78, 5) is 31.0. The number of nitriles is 1. The predicted molar refractivity (Wildman–Crippen MR) is 158 cm³/mol. The van der Waals surface area contributed by atoms with Gasteiger partial charge in [-0.25, -0.2) is 14.4 Å². The molecule has 2 saturated heterocycles. The molecule has 3 aromatic heterocycles. The van der Waals surface area contributed by atoms with Gasteiger partial charge in [-0.1, -0.05) is 22.7 Å². The maximum absolute atomic E-state index is 13.5. The molecule has 0 spiro atoms. The minimum Gasteiger partial charge on any atom is -0.389 e. The largest absolute Gasteiger partial charge is 0.389 e. The molecule has 2 aliphatic rings. The van der Waals surface area contributed by atoms with Crippen LogP contribution in [0.3, 0.4) is 0 Å². The van der Waals surface area contributed by atoms with Crippen molar-refractivity contribution in [2.75, 3.05) is 63.7 Å². The normalized spacial score (nSPS) is 17.3. The van der Waals surface area contributed by atoms with Crippen LogP contribution >= 0.6 is 22.7 Å². The molecular weight excluding hydrogens is 581 g/mol. The number of β-amino-alcohol motifs (C(OH)–C–C–N with tert-alkyl or cyclic N) is 1.